The molecule has 0 N–H and O–H groups in total. The lowest BCUT2D eigenvalue weighted by Crippen LogP contribution is -2.12. The Labute approximate surface area is 132 Å². The average molecular weight is 309 g/mol. The largest absolute Gasteiger partial charge is 0.492 e. The van der Waals surface area contributed by atoms with E-state index in [0.717, 1.165) is 42.0 Å². The minimum Gasteiger partial charge on any atom is -0.492 e. The second-order valence-corrected chi connectivity index (χ2v) is 6.09. The Kier molecular flexibility index (Phi) is 5.51. The Balaban J connectivity index is 2.55. The first-order chi connectivity index (χ1) is 10.1. The van der Waals surface area contributed by atoms with Gasteiger partial charge in [-0.1, -0.05) is 32.8 Å². The van der Waals surface area contributed by atoms with Crippen LogP contribution in [0.2, 0.25) is 0 Å². The van der Waals surface area contributed by atoms with Gasteiger partial charge in [-0.25, -0.2) is 4.98 Å². The highest BCUT2D eigenvalue weighted by Gasteiger charge is 2.19. The first-order valence-corrected chi connectivity index (χ1v) is 8.31. The topological polar surface area (TPSA) is 27.1 Å². The van der Waals surface area contributed by atoms with E-state index in [2.05, 4.69) is 24.5 Å². The average Bonchev–Trinajstić information content (AvgIpc) is 2.85. The number of imidazole rings is 1. The zero-order chi connectivity index (χ0) is 15.4. The first-order valence-electron chi connectivity index (χ1n) is 7.88. The van der Waals surface area contributed by atoms with Crippen molar-refractivity contribution in [1.82, 2.24) is 9.55 Å². The van der Waals surface area contributed by atoms with Crippen molar-refractivity contribution in [2.45, 2.75) is 52.5 Å². The van der Waals surface area contributed by atoms with Gasteiger partial charge in [0, 0.05) is 6.54 Å². The maximum absolute atomic E-state index is 6.35. The summed E-state index contributed by atoms with van der Waals surface area (Å²) in [5.41, 5.74) is 2.04. The monoisotopic (exact) mass is 308 g/mol. The van der Waals surface area contributed by atoms with E-state index in [-0.39, 0.29) is 5.38 Å². The maximum Gasteiger partial charge on any atom is 0.147 e. The van der Waals surface area contributed by atoms with Gasteiger partial charge in [-0.05, 0) is 31.9 Å². The number of halogens is 1. The van der Waals surface area contributed by atoms with E-state index in [1.807, 2.05) is 26.0 Å². The third kappa shape index (κ3) is 3.34. The van der Waals surface area contributed by atoms with Crippen LogP contribution < -0.4 is 4.74 Å². The predicted molar refractivity (Wildman–Crippen MR) is 89.2 cm³/mol. The maximum atomic E-state index is 6.35. The summed E-state index contributed by atoms with van der Waals surface area (Å²) in [6.07, 6.45) is 2.33. The molecule has 1 aromatic carbocycles. The molecule has 0 aliphatic carbocycles. The van der Waals surface area contributed by atoms with Gasteiger partial charge in [0.15, 0.2) is 0 Å². The summed E-state index contributed by atoms with van der Waals surface area (Å²) < 4.78 is 7.98. The van der Waals surface area contributed by atoms with Crippen LogP contribution >= 0.6 is 11.6 Å². The number of ether oxygens (including phenoxy) is 1. The molecule has 0 fully saturated rings. The van der Waals surface area contributed by atoms with Crippen LogP contribution in [0.1, 0.15) is 51.7 Å². The van der Waals surface area contributed by atoms with Gasteiger partial charge in [0.05, 0.1) is 17.5 Å². The molecule has 0 radical (unpaired) electrons. The van der Waals surface area contributed by atoms with Gasteiger partial charge in [-0.2, -0.15) is 0 Å². The summed E-state index contributed by atoms with van der Waals surface area (Å²) in [6, 6.07) is 6.11. The molecule has 1 aromatic heterocycles. The molecule has 0 spiro atoms. The third-order valence-electron chi connectivity index (χ3n) is 4.02. The number of aromatic nitrogens is 2. The van der Waals surface area contributed by atoms with Crippen LogP contribution in [-0.4, -0.2) is 16.2 Å². The van der Waals surface area contributed by atoms with Crippen molar-refractivity contribution in [2.24, 2.45) is 5.92 Å². The Morgan fingerprint density at radius 3 is 2.52 bits per heavy atom. The second-order valence-electron chi connectivity index (χ2n) is 5.44. The van der Waals surface area contributed by atoms with Gasteiger partial charge in [0.2, 0.25) is 0 Å². The zero-order valence-corrected chi connectivity index (χ0v) is 14.2. The molecule has 0 amide bonds. The zero-order valence-electron chi connectivity index (χ0n) is 13.4. The molecule has 0 aliphatic heterocycles. The van der Waals surface area contributed by atoms with Crippen molar-refractivity contribution in [3.8, 4) is 5.75 Å². The summed E-state index contributed by atoms with van der Waals surface area (Å²) in [4.78, 5) is 4.76. The van der Waals surface area contributed by atoms with Crippen molar-refractivity contribution in [2.75, 3.05) is 6.61 Å². The van der Waals surface area contributed by atoms with Gasteiger partial charge in [-0.3, -0.25) is 0 Å². The smallest absolute Gasteiger partial charge is 0.147 e. The normalized spacial score (nSPS) is 13.0. The number of rotatable bonds is 7. The fraction of sp³-hybridized carbons (Fsp3) is 0.588. The van der Waals surface area contributed by atoms with E-state index in [1.165, 1.54) is 0 Å². The van der Waals surface area contributed by atoms with Crippen LogP contribution in [0.15, 0.2) is 18.2 Å². The fourth-order valence-electron chi connectivity index (χ4n) is 2.71. The number of hydrogen-bond donors (Lipinski definition) is 0. The Morgan fingerprint density at radius 1 is 1.24 bits per heavy atom. The van der Waals surface area contributed by atoms with E-state index >= 15 is 0 Å². The minimum atomic E-state index is -0.110. The van der Waals surface area contributed by atoms with Crippen LogP contribution in [-0.2, 0) is 6.54 Å². The number of fused-ring (bicyclic) bond motifs is 1. The molecule has 1 atom stereocenters. The highest BCUT2D eigenvalue weighted by molar-refractivity contribution is 6.20. The van der Waals surface area contributed by atoms with Crippen LogP contribution in [0.3, 0.4) is 0 Å². The van der Waals surface area contributed by atoms with Gasteiger partial charge in [0.25, 0.3) is 0 Å². The third-order valence-corrected chi connectivity index (χ3v) is 4.22. The van der Waals surface area contributed by atoms with Crippen LogP contribution in [0.5, 0.6) is 5.75 Å². The lowest BCUT2D eigenvalue weighted by molar-refractivity contribution is 0.343. The van der Waals surface area contributed by atoms with Crippen LogP contribution in [0, 0.1) is 5.92 Å². The summed E-state index contributed by atoms with van der Waals surface area (Å²) in [6.45, 7) is 10.1. The fourth-order valence-corrected chi connectivity index (χ4v) is 2.88. The lowest BCUT2D eigenvalue weighted by atomic mass is 10.0. The number of nitrogens with zero attached hydrogens (tertiary/aromatic N) is 2. The molecule has 0 bridgehead atoms. The number of benzene rings is 1. The molecule has 2 rings (SSSR count). The van der Waals surface area contributed by atoms with E-state index in [4.69, 9.17) is 21.3 Å². The number of alkyl halides is 1. The molecule has 116 valence electrons. The summed E-state index contributed by atoms with van der Waals surface area (Å²) in [5, 5.41) is -0.110. The van der Waals surface area contributed by atoms with Gasteiger partial charge in [-0.15, -0.1) is 11.6 Å². The molecule has 21 heavy (non-hydrogen) atoms. The van der Waals surface area contributed by atoms with Crippen LogP contribution in [0.25, 0.3) is 11.0 Å². The van der Waals surface area contributed by atoms with E-state index < -0.39 is 0 Å². The minimum absolute atomic E-state index is 0.110. The summed E-state index contributed by atoms with van der Waals surface area (Å²) >= 11 is 6.35. The van der Waals surface area contributed by atoms with Crippen molar-refractivity contribution in [3.05, 3.63) is 24.0 Å². The first kappa shape index (κ1) is 16.2. The van der Waals surface area contributed by atoms with Gasteiger partial charge in [0.1, 0.15) is 17.1 Å². The molecular weight excluding hydrogens is 284 g/mol. The van der Waals surface area contributed by atoms with E-state index in [0.29, 0.717) is 12.5 Å². The molecule has 1 heterocycles. The number of hydrogen-bond acceptors (Lipinski definition) is 2. The highest BCUT2D eigenvalue weighted by atomic mass is 35.5. The molecule has 4 heteroatoms. The van der Waals surface area contributed by atoms with Crippen molar-refractivity contribution >= 4 is 22.6 Å². The van der Waals surface area contributed by atoms with Gasteiger partial charge < -0.3 is 9.30 Å². The quantitative estimate of drug-likeness (QED) is 0.660. The molecule has 1 unspecified atom stereocenters. The predicted octanol–water partition coefficient (Wildman–Crippen LogP) is 5.17. The standard InChI is InChI=1S/C17H25ClN2O/c1-5-13(6-2)11-20-14-9-8-10-15(21-7-3)16(14)19-17(20)12(4)18/h8-10,12-13H,5-7,11H2,1-4H3. The molecule has 0 aliphatic rings. The lowest BCUT2D eigenvalue weighted by Gasteiger charge is -2.17. The van der Waals surface area contributed by atoms with Crippen molar-refractivity contribution < 1.29 is 4.74 Å². The van der Waals surface area contributed by atoms with Gasteiger partial charge >= 0.3 is 0 Å². The highest BCUT2D eigenvalue weighted by Crippen LogP contribution is 2.31. The Bertz CT molecular complexity index is 588. The molecule has 0 saturated heterocycles. The Morgan fingerprint density at radius 2 is 1.95 bits per heavy atom. The van der Waals surface area contributed by atoms with Crippen molar-refractivity contribution in [1.29, 1.82) is 0 Å². The van der Waals surface area contributed by atoms with E-state index in [1.54, 1.807) is 0 Å². The molecule has 3 nitrogen and oxygen atoms in total. The second kappa shape index (κ2) is 7.17. The Hall–Kier alpha value is -1.22. The molecule has 0 saturated carbocycles. The van der Waals surface area contributed by atoms with Crippen molar-refractivity contribution in [3.63, 3.8) is 0 Å². The molecular formula is C17H25ClN2O. The summed E-state index contributed by atoms with van der Waals surface area (Å²) in [7, 11) is 0. The van der Waals surface area contributed by atoms with E-state index in [9.17, 15) is 0 Å². The number of para-hydroxylation sites is 1. The SMILES string of the molecule is CCOc1cccc2c1nc(C(C)Cl)n2CC(CC)CC. The molecule has 2 aromatic rings. The summed E-state index contributed by atoms with van der Waals surface area (Å²) in [5.74, 6) is 2.43. The van der Waals surface area contributed by atoms with Crippen LogP contribution in [0.4, 0.5) is 0 Å².